The Balaban J connectivity index is 2.21. The second-order valence-corrected chi connectivity index (χ2v) is 4.62. The lowest BCUT2D eigenvalue weighted by Gasteiger charge is -2.12. The second kappa shape index (κ2) is 3.81. The topological polar surface area (TPSA) is 3.24 Å². The molecule has 70 valence electrons. The number of likely N-dealkylation sites (tertiary alicyclic amines) is 1. The maximum Gasteiger partial charge on any atom is 0.0210 e. The molecule has 13 heavy (non-hydrogen) atoms. The Labute approximate surface area is 87.9 Å². The molecule has 1 aromatic carbocycles. The predicted octanol–water partition coefficient (Wildman–Crippen LogP) is 2.87. The average molecular weight is 240 g/mol. The molecule has 2 rings (SSSR count). The molecule has 1 heterocycles. The first-order chi connectivity index (χ1) is 6.27. The van der Waals surface area contributed by atoms with Crippen LogP contribution in [0.25, 0.3) is 0 Å². The number of hydrogen-bond donors (Lipinski definition) is 0. The van der Waals surface area contributed by atoms with Crippen molar-refractivity contribution in [2.75, 3.05) is 20.1 Å². The van der Waals surface area contributed by atoms with Crippen molar-refractivity contribution in [1.29, 1.82) is 0 Å². The van der Waals surface area contributed by atoms with Gasteiger partial charge in [-0.1, -0.05) is 34.1 Å². The fourth-order valence-electron chi connectivity index (χ4n) is 2.00. The van der Waals surface area contributed by atoms with Gasteiger partial charge in [-0.15, -0.1) is 0 Å². The van der Waals surface area contributed by atoms with Crippen LogP contribution in [0.3, 0.4) is 0 Å². The summed E-state index contributed by atoms with van der Waals surface area (Å²) < 4.78 is 1.26. The minimum absolute atomic E-state index is 0.723. The Kier molecular flexibility index (Phi) is 2.70. The Morgan fingerprint density at radius 2 is 2.15 bits per heavy atom. The molecule has 0 aliphatic carbocycles. The Hall–Kier alpha value is -0.340. The molecule has 2 heteroatoms. The van der Waals surface area contributed by atoms with Crippen molar-refractivity contribution in [2.45, 2.75) is 12.3 Å². The van der Waals surface area contributed by atoms with E-state index >= 15 is 0 Å². The number of likely N-dealkylation sites (N-methyl/N-ethyl adjacent to an activating group) is 1. The number of halogens is 1. The van der Waals surface area contributed by atoms with Crippen LogP contribution >= 0.6 is 15.9 Å². The van der Waals surface area contributed by atoms with E-state index in [1.165, 1.54) is 29.5 Å². The zero-order valence-corrected chi connectivity index (χ0v) is 9.42. The molecule has 0 bridgehead atoms. The van der Waals surface area contributed by atoms with E-state index in [1.807, 2.05) is 0 Å². The van der Waals surface area contributed by atoms with Gasteiger partial charge in [0.25, 0.3) is 0 Å². The van der Waals surface area contributed by atoms with Crippen LogP contribution in [0.1, 0.15) is 17.9 Å². The maximum absolute atomic E-state index is 3.61. The highest BCUT2D eigenvalue weighted by Crippen LogP contribution is 2.31. The highest BCUT2D eigenvalue weighted by atomic mass is 79.9. The minimum Gasteiger partial charge on any atom is -0.306 e. The molecule has 0 N–H and O–H groups in total. The maximum atomic E-state index is 3.61. The van der Waals surface area contributed by atoms with Gasteiger partial charge >= 0.3 is 0 Å². The van der Waals surface area contributed by atoms with Gasteiger partial charge in [-0.2, -0.15) is 0 Å². The Bertz CT molecular complexity index is 298. The summed E-state index contributed by atoms with van der Waals surface area (Å²) in [7, 11) is 2.19. The smallest absolute Gasteiger partial charge is 0.0210 e. The number of rotatable bonds is 1. The molecule has 0 radical (unpaired) electrons. The molecule has 1 saturated heterocycles. The number of benzene rings is 1. The van der Waals surface area contributed by atoms with Crippen LogP contribution in [0.5, 0.6) is 0 Å². The van der Waals surface area contributed by atoms with Crippen LogP contribution in [0.4, 0.5) is 0 Å². The summed E-state index contributed by atoms with van der Waals surface area (Å²) in [5.41, 5.74) is 1.46. The quantitative estimate of drug-likeness (QED) is 0.729. The first kappa shape index (κ1) is 9.22. The molecular weight excluding hydrogens is 226 g/mol. The van der Waals surface area contributed by atoms with E-state index in [4.69, 9.17) is 0 Å². The van der Waals surface area contributed by atoms with Crippen molar-refractivity contribution in [3.05, 3.63) is 34.3 Å². The molecule has 0 amide bonds. The van der Waals surface area contributed by atoms with Crippen LogP contribution in [0.15, 0.2) is 28.7 Å². The van der Waals surface area contributed by atoms with Crippen molar-refractivity contribution < 1.29 is 0 Å². The molecule has 1 aliphatic rings. The standard InChI is InChI=1S/C11H14BrN/c1-13-7-6-9(8-13)10-4-2-3-5-11(10)12/h2-5,9H,6-8H2,1H3. The van der Waals surface area contributed by atoms with Crippen molar-refractivity contribution >= 4 is 15.9 Å². The van der Waals surface area contributed by atoms with Gasteiger partial charge in [-0.25, -0.2) is 0 Å². The molecule has 0 saturated carbocycles. The van der Waals surface area contributed by atoms with E-state index in [-0.39, 0.29) is 0 Å². The van der Waals surface area contributed by atoms with E-state index in [0.717, 1.165) is 5.92 Å². The zero-order chi connectivity index (χ0) is 9.26. The average Bonchev–Trinajstić information content (AvgIpc) is 2.53. The van der Waals surface area contributed by atoms with Crippen molar-refractivity contribution in [1.82, 2.24) is 4.90 Å². The summed E-state index contributed by atoms with van der Waals surface area (Å²) in [6, 6.07) is 8.56. The van der Waals surface area contributed by atoms with Gasteiger partial charge in [0.2, 0.25) is 0 Å². The molecule has 1 unspecified atom stereocenters. The van der Waals surface area contributed by atoms with Crippen LogP contribution in [0, 0.1) is 0 Å². The van der Waals surface area contributed by atoms with E-state index in [1.54, 1.807) is 0 Å². The molecule has 1 nitrogen and oxygen atoms in total. The molecule has 0 spiro atoms. The first-order valence-electron chi connectivity index (χ1n) is 4.70. The van der Waals surface area contributed by atoms with E-state index < -0.39 is 0 Å². The minimum atomic E-state index is 0.723. The first-order valence-corrected chi connectivity index (χ1v) is 5.49. The lowest BCUT2D eigenvalue weighted by atomic mass is 9.99. The van der Waals surface area contributed by atoms with E-state index in [9.17, 15) is 0 Å². The summed E-state index contributed by atoms with van der Waals surface area (Å²) >= 11 is 3.61. The number of hydrogen-bond acceptors (Lipinski definition) is 1. The summed E-state index contributed by atoms with van der Waals surface area (Å²) in [5.74, 6) is 0.723. The fraction of sp³-hybridized carbons (Fsp3) is 0.455. The third kappa shape index (κ3) is 1.94. The third-order valence-electron chi connectivity index (χ3n) is 2.74. The lowest BCUT2D eigenvalue weighted by molar-refractivity contribution is 0.411. The van der Waals surface area contributed by atoms with Crippen LogP contribution in [-0.4, -0.2) is 25.0 Å². The molecular formula is C11H14BrN. The summed E-state index contributed by atoms with van der Waals surface area (Å²) in [6.45, 7) is 2.43. The van der Waals surface area contributed by atoms with E-state index in [0.29, 0.717) is 0 Å². The van der Waals surface area contributed by atoms with Gasteiger partial charge < -0.3 is 4.90 Å². The highest BCUT2D eigenvalue weighted by Gasteiger charge is 2.22. The molecule has 1 aliphatic heterocycles. The predicted molar refractivity (Wildman–Crippen MR) is 59.0 cm³/mol. The van der Waals surface area contributed by atoms with Gasteiger partial charge in [0.05, 0.1) is 0 Å². The number of nitrogens with zero attached hydrogens (tertiary/aromatic N) is 1. The van der Waals surface area contributed by atoms with E-state index in [2.05, 4.69) is 52.1 Å². The highest BCUT2D eigenvalue weighted by molar-refractivity contribution is 9.10. The second-order valence-electron chi connectivity index (χ2n) is 3.77. The van der Waals surface area contributed by atoms with Crippen molar-refractivity contribution in [3.8, 4) is 0 Å². The van der Waals surface area contributed by atoms with Crippen molar-refractivity contribution in [2.24, 2.45) is 0 Å². The van der Waals surface area contributed by atoms with Gasteiger partial charge in [0.15, 0.2) is 0 Å². The van der Waals surface area contributed by atoms with Gasteiger partial charge in [0.1, 0.15) is 0 Å². The van der Waals surface area contributed by atoms with Crippen LogP contribution < -0.4 is 0 Å². The summed E-state index contributed by atoms with van der Waals surface area (Å²) in [4.78, 5) is 2.39. The monoisotopic (exact) mass is 239 g/mol. The Morgan fingerprint density at radius 1 is 1.38 bits per heavy atom. The zero-order valence-electron chi connectivity index (χ0n) is 7.83. The summed E-state index contributed by atoms with van der Waals surface area (Å²) in [5, 5.41) is 0. The lowest BCUT2D eigenvalue weighted by Crippen LogP contribution is -2.13. The van der Waals surface area contributed by atoms with Crippen LogP contribution in [-0.2, 0) is 0 Å². The Morgan fingerprint density at radius 3 is 2.77 bits per heavy atom. The normalized spacial score (nSPS) is 23.7. The third-order valence-corrected chi connectivity index (χ3v) is 3.46. The largest absolute Gasteiger partial charge is 0.306 e. The molecule has 1 atom stereocenters. The van der Waals surface area contributed by atoms with Crippen molar-refractivity contribution in [3.63, 3.8) is 0 Å². The van der Waals surface area contributed by atoms with Gasteiger partial charge in [-0.05, 0) is 37.6 Å². The summed E-state index contributed by atoms with van der Waals surface area (Å²) in [6.07, 6.45) is 1.29. The van der Waals surface area contributed by atoms with Gasteiger partial charge in [0, 0.05) is 11.0 Å². The van der Waals surface area contributed by atoms with Gasteiger partial charge in [-0.3, -0.25) is 0 Å². The molecule has 1 fully saturated rings. The fourth-order valence-corrected chi connectivity index (χ4v) is 2.60. The molecule has 1 aromatic rings. The van der Waals surface area contributed by atoms with Crippen LogP contribution in [0.2, 0.25) is 0 Å². The SMILES string of the molecule is CN1CCC(c2ccccc2Br)C1. The molecule has 0 aromatic heterocycles.